The molecule has 0 aromatic heterocycles. The molecule has 216 valence electrons. The van der Waals surface area contributed by atoms with Gasteiger partial charge in [0.15, 0.2) is 0 Å². The first-order chi connectivity index (χ1) is 18.5. The van der Waals surface area contributed by atoms with Gasteiger partial charge in [-0.1, -0.05) is 24.3 Å². The van der Waals surface area contributed by atoms with Crippen LogP contribution in [0.15, 0.2) is 36.1 Å². The minimum absolute atomic E-state index is 0.0173. The molecule has 2 aliphatic heterocycles. The SMILES string of the molecule is COCCCN1C=C(CN(C(=O)[C@H]2CN(C(=O)OC(C)(C)C)C[C@@](F)(C(=O)OC)C2)C2CC2)C2C=CC=CC21. The van der Waals surface area contributed by atoms with Crippen LogP contribution in [0, 0.1) is 11.8 Å². The summed E-state index contributed by atoms with van der Waals surface area (Å²) in [6, 6.07) is 0.250. The number of halogens is 1. The van der Waals surface area contributed by atoms with E-state index in [2.05, 4.69) is 23.3 Å². The molecule has 2 aliphatic carbocycles. The number of piperidine rings is 1. The van der Waals surface area contributed by atoms with Gasteiger partial charge in [-0.2, -0.15) is 0 Å². The van der Waals surface area contributed by atoms with Gasteiger partial charge in [0, 0.05) is 57.9 Å². The van der Waals surface area contributed by atoms with E-state index in [9.17, 15) is 14.4 Å². The van der Waals surface area contributed by atoms with E-state index < -0.39 is 35.8 Å². The topological polar surface area (TPSA) is 88.6 Å². The molecule has 1 saturated carbocycles. The molecule has 4 aliphatic rings. The number of alkyl halides is 1. The second kappa shape index (κ2) is 11.7. The van der Waals surface area contributed by atoms with Crippen molar-refractivity contribution in [3.8, 4) is 0 Å². The Morgan fingerprint density at radius 2 is 1.87 bits per heavy atom. The molecule has 39 heavy (non-hydrogen) atoms. The number of esters is 1. The monoisotopic (exact) mass is 547 g/mol. The number of fused-ring (bicyclic) bond motifs is 1. The standard InChI is InChI=1S/C29H42FN3O6/c1-28(2,3)39-27(36)32-16-20(15-29(30,19-32)26(35)38-5)25(34)33(22-11-12-22)18-21-17-31(13-8-14-37-4)24-10-7-6-9-23(21)24/h6-7,9-10,17,20,22-24H,8,11-16,18-19H2,1-5H3/t20-,23?,24?,29-/m1/s1. The fourth-order valence-corrected chi connectivity index (χ4v) is 5.71. The van der Waals surface area contributed by atoms with Crippen molar-refractivity contribution in [2.75, 3.05) is 47.0 Å². The Bertz CT molecular complexity index is 1030. The molecular formula is C29H42FN3O6. The van der Waals surface area contributed by atoms with Crippen molar-refractivity contribution in [3.05, 3.63) is 36.1 Å². The molecule has 2 amide bonds. The Kier molecular flexibility index (Phi) is 8.73. The zero-order valence-electron chi connectivity index (χ0n) is 23.7. The maximum atomic E-state index is 16.0. The molecule has 10 heteroatoms. The van der Waals surface area contributed by atoms with Crippen LogP contribution in [0.3, 0.4) is 0 Å². The molecule has 4 atom stereocenters. The Labute approximate surface area is 230 Å². The number of nitrogens with zero attached hydrogens (tertiary/aromatic N) is 3. The average molecular weight is 548 g/mol. The maximum Gasteiger partial charge on any atom is 0.410 e. The highest BCUT2D eigenvalue weighted by Gasteiger charge is 2.52. The van der Waals surface area contributed by atoms with Gasteiger partial charge in [0.1, 0.15) is 5.60 Å². The highest BCUT2D eigenvalue weighted by molar-refractivity contribution is 5.86. The lowest BCUT2D eigenvalue weighted by Crippen LogP contribution is -2.59. The third-order valence-corrected chi connectivity index (χ3v) is 7.64. The molecule has 2 fully saturated rings. The number of rotatable bonds is 9. The van der Waals surface area contributed by atoms with Gasteiger partial charge in [0.2, 0.25) is 11.6 Å². The van der Waals surface area contributed by atoms with Crippen LogP contribution in [0.4, 0.5) is 9.18 Å². The first-order valence-electron chi connectivity index (χ1n) is 13.8. The lowest BCUT2D eigenvalue weighted by Gasteiger charge is -2.41. The number of amides is 2. The van der Waals surface area contributed by atoms with Crippen LogP contribution in [0.5, 0.6) is 0 Å². The highest BCUT2D eigenvalue weighted by Crippen LogP contribution is 2.39. The van der Waals surface area contributed by atoms with E-state index >= 15 is 4.39 Å². The predicted molar refractivity (Wildman–Crippen MR) is 143 cm³/mol. The number of allylic oxidation sites excluding steroid dienone is 2. The van der Waals surface area contributed by atoms with Crippen LogP contribution in [-0.4, -0.2) is 103 Å². The lowest BCUT2D eigenvalue weighted by molar-refractivity contribution is -0.162. The summed E-state index contributed by atoms with van der Waals surface area (Å²) in [4.78, 5) is 44.6. The fraction of sp³-hybridized carbons (Fsp3) is 0.690. The van der Waals surface area contributed by atoms with Gasteiger partial charge in [0.05, 0.1) is 25.6 Å². The van der Waals surface area contributed by atoms with E-state index in [4.69, 9.17) is 14.2 Å². The average Bonchev–Trinajstić information content (AvgIpc) is 3.68. The molecule has 4 rings (SSSR count). The zero-order chi connectivity index (χ0) is 28.4. The number of carbonyl (C=O) groups is 3. The largest absolute Gasteiger partial charge is 0.467 e. The van der Waals surface area contributed by atoms with Crippen molar-refractivity contribution in [2.24, 2.45) is 11.8 Å². The molecule has 0 aromatic carbocycles. The van der Waals surface area contributed by atoms with Gasteiger partial charge < -0.3 is 28.9 Å². The third kappa shape index (κ3) is 6.83. The number of ether oxygens (including phenoxy) is 3. The van der Waals surface area contributed by atoms with Crippen molar-refractivity contribution in [1.82, 2.24) is 14.7 Å². The first-order valence-corrected chi connectivity index (χ1v) is 13.8. The molecular weight excluding hydrogens is 505 g/mol. The summed E-state index contributed by atoms with van der Waals surface area (Å²) in [6.45, 7) is 6.54. The number of methoxy groups -OCH3 is 2. The molecule has 0 spiro atoms. The van der Waals surface area contributed by atoms with Crippen molar-refractivity contribution in [2.45, 2.75) is 69.8 Å². The number of hydrogen-bond donors (Lipinski definition) is 0. The summed E-state index contributed by atoms with van der Waals surface area (Å²) in [5.41, 5.74) is -2.18. The summed E-state index contributed by atoms with van der Waals surface area (Å²) in [6.07, 6.45) is 12.1. The van der Waals surface area contributed by atoms with Gasteiger partial charge in [0.25, 0.3) is 0 Å². The van der Waals surface area contributed by atoms with E-state index in [1.807, 2.05) is 17.1 Å². The summed E-state index contributed by atoms with van der Waals surface area (Å²) < 4.78 is 31.4. The maximum absolute atomic E-state index is 16.0. The summed E-state index contributed by atoms with van der Waals surface area (Å²) in [7, 11) is 2.80. The number of likely N-dealkylation sites (tertiary alicyclic amines) is 1. The second-order valence-corrected chi connectivity index (χ2v) is 12.0. The van der Waals surface area contributed by atoms with Gasteiger partial charge in [-0.3, -0.25) is 4.79 Å². The summed E-state index contributed by atoms with van der Waals surface area (Å²) in [5, 5.41) is 0. The van der Waals surface area contributed by atoms with Crippen molar-refractivity contribution in [1.29, 1.82) is 0 Å². The van der Waals surface area contributed by atoms with E-state index in [-0.39, 0.29) is 36.9 Å². The van der Waals surface area contributed by atoms with Gasteiger partial charge >= 0.3 is 12.1 Å². The van der Waals surface area contributed by atoms with E-state index in [0.717, 1.165) is 43.4 Å². The van der Waals surface area contributed by atoms with Gasteiger partial charge in [-0.15, -0.1) is 0 Å². The zero-order valence-corrected chi connectivity index (χ0v) is 23.7. The smallest absolute Gasteiger partial charge is 0.410 e. The highest BCUT2D eigenvalue weighted by atomic mass is 19.1. The van der Waals surface area contributed by atoms with Crippen LogP contribution in [0.2, 0.25) is 0 Å². The van der Waals surface area contributed by atoms with Crippen molar-refractivity contribution in [3.63, 3.8) is 0 Å². The minimum atomic E-state index is -2.49. The van der Waals surface area contributed by atoms with E-state index in [0.29, 0.717) is 13.2 Å². The molecule has 2 unspecified atom stereocenters. The molecule has 2 heterocycles. The Hall–Kier alpha value is -2.88. The Morgan fingerprint density at radius 3 is 2.51 bits per heavy atom. The van der Waals surface area contributed by atoms with E-state index in [1.165, 1.54) is 0 Å². The van der Waals surface area contributed by atoms with Crippen LogP contribution >= 0.6 is 0 Å². The van der Waals surface area contributed by atoms with Crippen LogP contribution < -0.4 is 0 Å². The van der Waals surface area contributed by atoms with Crippen LogP contribution in [0.25, 0.3) is 0 Å². The van der Waals surface area contributed by atoms with Gasteiger partial charge in [-0.05, 0) is 45.6 Å². The van der Waals surface area contributed by atoms with Crippen LogP contribution in [-0.2, 0) is 23.8 Å². The lowest BCUT2D eigenvalue weighted by atomic mass is 9.85. The quantitative estimate of drug-likeness (QED) is 0.323. The molecule has 1 saturated heterocycles. The van der Waals surface area contributed by atoms with Crippen molar-refractivity contribution >= 4 is 18.0 Å². The predicted octanol–water partition coefficient (Wildman–Crippen LogP) is 3.46. The fourth-order valence-electron chi connectivity index (χ4n) is 5.71. The van der Waals surface area contributed by atoms with Crippen molar-refractivity contribution < 1.29 is 33.0 Å². The summed E-state index contributed by atoms with van der Waals surface area (Å²) >= 11 is 0. The number of hydrogen-bond acceptors (Lipinski definition) is 7. The molecule has 0 N–H and O–H groups in total. The minimum Gasteiger partial charge on any atom is -0.467 e. The second-order valence-electron chi connectivity index (χ2n) is 12.0. The third-order valence-electron chi connectivity index (χ3n) is 7.64. The molecule has 0 aromatic rings. The van der Waals surface area contributed by atoms with Crippen LogP contribution in [0.1, 0.15) is 46.5 Å². The first kappa shape index (κ1) is 29.1. The normalized spacial score (nSPS) is 28.2. The summed E-state index contributed by atoms with van der Waals surface area (Å²) in [5.74, 6) is -2.08. The molecule has 9 nitrogen and oxygen atoms in total. The number of carbonyl (C=O) groups excluding carboxylic acids is 3. The van der Waals surface area contributed by atoms with Gasteiger partial charge in [-0.25, -0.2) is 14.0 Å². The van der Waals surface area contributed by atoms with E-state index in [1.54, 1.807) is 27.9 Å². The molecule has 0 bridgehead atoms. The Balaban J connectivity index is 1.54. The Morgan fingerprint density at radius 1 is 1.15 bits per heavy atom. The molecule has 0 radical (unpaired) electrons.